The number of nitrogens with zero attached hydrogens (tertiary/aromatic N) is 3. The van der Waals surface area contributed by atoms with Crippen LogP contribution in [-0.2, 0) is 11.3 Å². The van der Waals surface area contributed by atoms with Crippen LogP contribution in [0.25, 0.3) is 0 Å². The van der Waals surface area contributed by atoms with E-state index in [1.165, 1.54) is 11.1 Å². The third-order valence-corrected chi connectivity index (χ3v) is 5.80. The van der Waals surface area contributed by atoms with E-state index in [0.717, 1.165) is 30.1 Å². The van der Waals surface area contributed by atoms with Crippen LogP contribution in [0.15, 0.2) is 42.5 Å². The summed E-state index contributed by atoms with van der Waals surface area (Å²) in [7, 11) is 0. The van der Waals surface area contributed by atoms with Crippen LogP contribution in [0.4, 0.5) is 0 Å². The number of amides is 3. The lowest BCUT2D eigenvalue weighted by molar-refractivity contribution is -0.133. The zero-order chi connectivity index (χ0) is 20.5. The largest absolute Gasteiger partial charge is 0.339 e. The number of benzene rings is 2. The van der Waals surface area contributed by atoms with Crippen molar-refractivity contribution in [2.75, 3.05) is 32.7 Å². The van der Waals surface area contributed by atoms with Gasteiger partial charge in [-0.05, 0) is 37.1 Å². The number of hydrogen-bond donors (Lipinski definition) is 0. The van der Waals surface area contributed by atoms with E-state index >= 15 is 0 Å². The summed E-state index contributed by atoms with van der Waals surface area (Å²) in [5.74, 6) is -0.927. The van der Waals surface area contributed by atoms with Gasteiger partial charge in [-0.1, -0.05) is 35.9 Å². The second-order valence-electron chi connectivity index (χ2n) is 7.83. The van der Waals surface area contributed by atoms with Crippen molar-refractivity contribution in [3.8, 4) is 0 Å². The van der Waals surface area contributed by atoms with E-state index < -0.39 is 0 Å². The molecule has 1 saturated heterocycles. The van der Waals surface area contributed by atoms with Crippen molar-refractivity contribution in [3.63, 3.8) is 0 Å². The molecule has 0 saturated carbocycles. The van der Waals surface area contributed by atoms with Gasteiger partial charge in [-0.2, -0.15) is 0 Å². The summed E-state index contributed by atoms with van der Waals surface area (Å²) in [6, 6.07) is 13.5. The average Bonchev–Trinajstić information content (AvgIpc) is 2.94. The molecule has 0 N–H and O–H groups in total. The number of fused-ring (bicyclic) bond motifs is 1. The lowest BCUT2D eigenvalue weighted by Gasteiger charge is -2.35. The lowest BCUT2D eigenvalue weighted by atomic mass is 10.1. The first kappa shape index (κ1) is 19.3. The molecule has 0 aromatic heterocycles. The highest BCUT2D eigenvalue weighted by atomic mass is 16.2. The van der Waals surface area contributed by atoms with Crippen molar-refractivity contribution >= 4 is 17.7 Å². The minimum Gasteiger partial charge on any atom is -0.339 e. The van der Waals surface area contributed by atoms with Gasteiger partial charge in [0.05, 0.1) is 11.1 Å². The zero-order valence-corrected chi connectivity index (χ0v) is 16.9. The summed E-state index contributed by atoms with van der Waals surface area (Å²) >= 11 is 0. The van der Waals surface area contributed by atoms with Crippen molar-refractivity contribution in [3.05, 3.63) is 70.3 Å². The summed E-state index contributed by atoms with van der Waals surface area (Å²) < 4.78 is 0. The molecule has 0 spiro atoms. The second kappa shape index (κ2) is 7.79. The summed E-state index contributed by atoms with van der Waals surface area (Å²) in [5, 5.41) is 0. The van der Waals surface area contributed by atoms with Crippen molar-refractivity contribution in [1.29, 1.82) is 0 Å². The molecule has 2 aromatic rings. The van der Waals surface area contributed by atoms with Gasteiger partial charge in [-0.25, -0.2) is 0 Å². The predicted octanol–water partition coefficient (Wildman–Crippen LogP) is 2.24. The van der Waals surface area contributed by atoms with Crippen LogP contribution in [-0.4, -0.2) is 65.1 Å². The van der Waals surface area contributed by atoms with Crippen LogP contribution < -0.4 is 0 Å². The molecule has 2 aliphatic heterocycles. The van der Waals surface area contributed by atoms with Gasteiger partial charge in [-0.3, -0.25) is 24.2 Å². The molecular formula is C23H25N3O3. The monoisotopic (exact) mass is 391 g/mol. The quantitative estimate of drug-likeness (QED) is 0.750. The first-order valence-electron chi connectivity index (χ1n) is 9.95. The molecule has 2 heterocycles. The van der Waals surface area contributed by atoms with Gasteiger partial charge in [0.1, 0.15) is 6.54 Å². The Hall–Kier alpha value is -2.99. The Morgan fingerprint density at radius 2 is 1.59 bits per heavy atom. The minimum atomic E-state index is -0.378. The maximum absolute atomic E-state index is 12.7. The highest BCUT2D eigenvalue weighted by Gasteiger charge is 2.37. The number of imide groups is 1. The minimum absolute atomic E-state index is 0.174. The third kappa shape index (κ3) is 3.80. The van der Waals surface area contributed by atoms with Crippen LogP contribution in [0.1, 0.15) is 37.4 Å². The van der Waals surface area contributed by atoms with E-state index in [4.69, 9.17) is 0 Å². The Labute approximate surface area is 170 Å². The molecule has 0 bridgehead atoms. The molecule has 1 fully saturated rings. The van der Waals surface area contributed by atoms with Gasteiger partial charge < -0.3 is 4.90 Å². The zero-order valence-electron chi connectivity index (χ0n) is 16.9. The van der Waals surface area contributed by atoms with Gasteiger partial charge in [0.15, 0.2) is 0 Å². The highest BCUT2D eigenvalue weighted by Crippen LogP contribution is 2.24. The van der Waals surface area contributed by atoms with Crippen LogP contribution in [0.5, 0.6) is 0 Å². The number of carbonyl (C=O) groups is 3. The predicted molar refractivity (Wildman–Crippen MR) is 110 cm³/mol. The number of hydrogen-bond acceptors (Lipinski definition) is 4. The van der Waals surface area contributed by atoms with Crippen LogP contribution in [0, 0.1) is 13.8 Å². The van der Waals surface area contributed by atoms with Gasteiger partial charge in [0.25, 0.3) is 11.8 Å². The van der Waals surface area contributed by atoms with E-state index in [0.29, 0.717) is 24.2 Å². The Morgan fingerprint density at radius 3 is 2.31 bits per heavy atom. The van der Waals surface area contributed by atoms with Crippen molar-refractivity contribution < 1.29 is 14.4 Å². The highest BCUT2D eigenvalue weighted by molar-refractivity contribution is 6.22. The van der Waals surface area contributed by atoms with Gasteiger partial charge in [0.2, 0.25) is 5.91 Å². The molecule has 150 valence electrons. The SMILES string of the molecule is Cc1ccc2c(c1)C(=O)N(CC(=O)N1CCN(Cc3ccccc3C)CC1)C2=O. The van der Waals surface area contributed by atoms with E-state index in [1.807, 2.05) is 25.1 Å². The first-order valence-corrected chi connectivity index (χ1v) is 9.95. The summed E-state index contributed by atoms with van der Waals surface area (Å²) in [5.41, 5.74) is 4.27. The fraction of sp³-hybridized carbons (Fsp3) is 0.348. The van der Waals surface area contributed by atoms with Gasteiger partial charge in [0, 0.05) is 32.7 Å². The molecule has 0 radical (unpaired) electrons. The molecule has 2 aromatic carbocycles. The number of aryl methyl sites for hydroxylation is 2. The molecule has 6 nitrogen and oxygen atoms in total. The van der Waals surface area contributed by atoms with Crippen LogP contribution >= 0.6 is 0 Å². The Balaban J connectivity index is 1.34. The molecular weight excluding hydrogens is 366 g/mol. The van der Waals surface area contributed by atoms with E-state index in [-0.39, 0.29) is 24.3 Å². The van der Waals surface area contributed by atoms with Crippen molar-refractivity contribution in [2.24, 2.45) is 0 Å². The van der Waals surface area contributed by atoms with E-state index in [9.17, 15) is 14.4 Å². The second-order valence-corrected chi connectivity index (χ2v) is 7.83. The van der Waals surface area contributed by atoms with Gasteiger partial charge >= 0.3 is 0 Å². The average molecular weight is 391 g/mol. The maximum atomic E-state index is 12.7. The third-order valence-electron chi connectivity index (χ3n) is 5.80. The maximum Gasteiger partial charge on any atom is 0.262 e. The van der Waals surface area contributed by atoms with E-state index in [1.54, 1.807) is 17.0 Å². The van der Waals surface area contributed by atoms with Crippen molar-refractivity contribution in [1.82, 2.24) is 14.7 Å². The topological polar surface area (TPSA) is 60.9 Å². The molecule has 29 heavy (non-hydrogen) atoms. The van der Waals surface area contributed by atoms with Gasteiger partial charge in [-0.15, -0.1) is 0 Å². The Bertz CT molecular complexity index is 977. The van der Waals surface area contributed by atoms with E-state index in [2.05, 4.69) is 24.0 Å². The number of carbonyl (C=O) groups excluding carboxylic acids is 3. The smallest absolute Gasteiger partial charge is 0.262 e. The molecule has 2 aliphatic rings. The summed E-state index contributed by atoms with van der Waals surface area (Å²) in [4.78, 5) is 43.0. The normalized spacial score (nSPS) is 17.0. The summed E-state index contributed by atoms with van der Waals surface area (Å²) in [6.45, 7) is 7.43. The molecule has 0 aliphatic carbocycles. The van der Waals surface area contributed by atoms with Crippen LogP contribution in [0.3, 0.4) is 0 Å². The molecule has 3 amide bonds. The molecule has 4 rings (SSSR count). The fourth-order valence-electron chi connectivity index (χ4n) is 3.97. The van der Waals surface area contributed by atoms with Crippen molar-refractivity contribution in [2.45, 2.75) is 20.4 Å². The van der Waals surface area contributed by atoms with Crippen LogP contribution in [0.2, 0.25) is 0 Å². The fourth-order valence-corrected chi connectivity index (χ4v) is 3.97. The first-order chi connectivity index (χ1) is 13.9. The number of piperazine rings is 1. The number of rotatable bonds is 4. The Kier molecular flexibility index (Phi) is 5.20. The Morgan fingerprint density at radius 1 is 0.897 bits per heavy atom. The standard InChI is InChI=1S/C23H25N3O3/c1-16-7-8-19-20(13-16)23(29)26(22(19)28)15-21(27)25-11-9-24(10-12-25)14-18-6-4-3-5-17(18)2/h3-8,13H,9-12,14-15H2,1-2H3. The molecule has 6 heteroatoms. The molecule has 0 unspecified atom stereocenters. The summed E-state index contributed by atoms with van der Waals surface area (Å²) in [6.07, 6.45) is 0. The molecule has 0 atom stereocenters. The lowest BCUT2D eigenvalue weighted by Crippen LogP contribution is -2.51.